The molecule has 0 aliphatic heterocycles. The molecule has 22 heavy (non-hydrogen) atoms. The van der Waals surface area contributed by atoms with Gasteiger partial charge in [0.05, 0.1) is 12.5 Å². The van der Waals surface area contributed by atoms with Crippen LogP contribution in [0.25, 0.3) is 0 Å². The molecule has 2 heterocycles. The zero-order chi connectivity index (χ0) is 16.3. The molecule has 2 aromatic rings. The fourth-order valence-electron chi connectivity index (χ4n) is 2.05. The minimum absolute atomic E-state index is 0.0495. The molecule has 1 atom stereocenters. The molecule has 0 fully saturated rings. The first kappa shape index (κ1) is 15.7. The van der Waals surface area contributed by atoms with Crippen molar-refractivity contribution in [1.82, 2.24) is 30.5 Å². The second-order valence-electron chi connectivity index (χ2n) is 4.97. The quantitative estimate of drug-likeness (QED) is 0.600. The van der Waals surface area contributed by atoms with Crippen molar-refractivity contribution in [2.24, 2.45) is 0 Å². The van der Waals surface area contributed by atoms with Crippen molar-refractivity contribution < 1.29 is 4.79 Å². The molecule has 0 unspecified atom stereocenters. The molecule has 0 radical (unpaired) electrons. The Morgan fingerprint density at radius 1 is 1.41 bits per heavy atom. The van der Waals surface area contributed by atoms with Crippen LogP contribution in [-0.2, 0) is 17.6 Å². The predicted octanol–water partition coefficient (Wildman–Crippen LogP) is -0.239. The summed E-state index contributed by atoms with van der Waals surface area (Å²) in [5.74, 6) is 0.873. The Balaban J connectivity index is 2.08. The van der Waals surface area contributed by atoms with Crippen molar-refractivity contribution in [1.29, 1.82) is 0 Å². The number of carbonyl (C=O) groups is 1. The van der Waals surface area contributed by atoms with E-state index in [9.17, 15) is 9.59 Å². The number of anilines is 1. The maximum atomic E-state index is 12.1. The van der Waals surface area contributed by atoms with Gasteiger partial charge in [0.1, 0.15) is 11.6 Å². The molecular weight excluding hydrogens is 286 g/mol. The smallest absolute Gasteiger partial charge is 0.254 e. The number of aromatic amines is 2. The van der Waals surface area contributed by atoms with Crippen LogP contribution in [0, 0.1) is 6.92 Å². The Kier molecular flexibility index (Phi) is 4.54. The number of nitrogen functional groups attached to an aromatic ring is 1. The van der Waals surface area contributed by atoms with E-state index in [4.69, 9.17) is 5.73 Å². The number of H-pyrrole nitrogens is 2. The highest BCUT2D eigenvalue weighted by atomic mass is 16.2. The number of aromatic nitrogens is 5. The molecule has 1 amide bonds. The van der Waals surface area contributed by atoms with Gasteiger partial charge in [0.25, 0.3) is 5.56 Å². The molecule has 0 bridgehead atoms. The van der Waals surface area contributed by atoms with Gasteiger partial charge in [-0.1, -0.05) is 6.92 Å². The van der Waals surface area contributed by atoms with Crippen LogP contribution in [0.15, 0.2) is 4.79 Å². The van der Waals surface area contributed by atoms with Crippen molar-refractivity contribution in [2.75, 3.05) is 5.73 Å². The topological polar surface area (TPSA) is 142 Å². The average molecular weight is 305 g/mol. The highest BCUT2D eigenvalue weighted by Crippen LogP contribution is 2.08. The van der Waals surface area contributed by atoms with E-state index in [1.54, 1.807) is 13.8 Å². The van der Waals surface area contributed by atoms with E-state index in [1.807, 2.05) is 6.92 Å². The second-order valence-corrected chi connectivity index (χ2v) is 4.97. The van der Waals surface area contributed by atoms with Crippen LogP contribution in [0.1, 0.15) is 42.8 Å². The van der Waals surface area contributed by atoms with Crippen LogP contribution in [0.3, 0.4) is 0 Å². The maximum Gasteiger partial charge on any atom is 0.254 e. The Hall–Kier alpha value is -2.71. The third-order valence-electron chi connectivity index (χ3n) is 3.25. The summed E-state index contributed by atoms with van der Waals surface area (Å²) in [5, 5.41) is 9.07. The van der Waals surface area contributed by atoms with Crippen molar-refractivity contribution in [3.63, 3.8) is 0 Å². The number of hydrogen-bond donors (Lipinski definition) is 4. The Labute approximate surface area is 126 Å². The molecule has 0 spiro atoms. The molecule has 0 saturated carbocycles. The van der Waals surface area contributed by atoms with Crippen LogP contribution in [0.5, 0.6) is 0 Å². The van der Waals surface area contributed by atoms with E-state index in [-0.39, 0.29) is 29.9 Å². The molecule has 9 nitrogen and oxygen atoms in total. The summed E-state index contributed by atoms with van der Waals surface area (Å²) < 4.78 is 0. The monoisotopic (exact) mass is 305 g/mol. The van der Waals surface area contributed by atoms with E-state index in [1.165, 1.54) is 0 Å². The number of nitrogens with one attached hydrogen (secondary N) is 3. The van der Waals surface area contributed by atoms with Gasteiger partial charge in [-0.05, 0) is 13.8 Å². The van der Waals surface area contributed by atoms with Gasteiger partial charge in [-0.15, -0.1) is 5.10 Å². The summed E-state index contributed by atoms with van der Waals surface area (Å²) in [6.07, 6.45) is 0.582. The standard InChI is InChI=1S/C13H19N7O2/c1-4-9-15-6(2)8(12(22)17-9)5-10(21)16-7(3)11-18-13(14)20-19-11/h7H,4-5H2,1-3H3,(H,16,21)(H,15,17,22)(H3,14,18,19,20)/t7-/m1/s1. The normalized spacial score (nSPS) is 12.1. The maximum absolute atomic E-state index is 12.1. The van der Waals surface area contributed by atoms with Crippen LogP contribution in [-0.4, -0.2) is 31.1 Å². The zero-order valence-corrected chi connectivity index (χ0v) is 12.7. The number of carbonyl (C=O) groups excluding carboxylic acids is 1. The van der Waals surface area contributed by atoms with Gasteiger partial charge in [-0.2, -0.15) is 4.98 Å². The van der Waals surface area contributed by atoms with Crippen molar-refractivity contribution in [3.05, 3.63) is 33.3 Å². The van der Waals surface area contributed by atoms with Crippen molar-refractivity contribution in [3.8, 4) is 0 Å². The SMILES string of the molecule is CCc1nc(C)c(CC(=O)N[C@H](C)c2nc(N)n[nH]2)c(=O)[nH]1. The van der Waals surface area contributed by atoms with Gasteiger partial charge < -0.3 is 16.0 Å². The molecule has 0 saturated heterocycles. The molecule has 5 N–H and O–H groups in total. The number of hydrogen-bond acceptors (Lipinski definition) is 6. The third-order valence-corrected chi connectivity index (χ3v) is 3.25. The zero-order valence-electron chi connectivity index (χ0n) is 12.7. The van der Waals surface area contributed by atoms with E-state index >= 15 is 0 Å². The Morgan fingerprint density at radius 3 is 2.68 bits per heavy atom. The van der Waals surface area contributed by atoms with Crippen LogP contribution in [0.4, 0.5) is 5.95 Å². The molecule has 0 aliphatic rings. The highest BCUT2D eigenvalue weighted by molar-refractivity contribution is 5.79. The molecule has 0 aromatic carbocycles. The van der Waals surface area contributed by atoms with Gasteiger partial charge in [0, 0.05) is 17.7 Å². The van der Waals surface area contributed by atoms with Gasteiger partial charge in [0.15, 0.2) is 0 Å². The number of amides is 1. The van der Waals surface area contributed by atoms with Crippen LogP contribution in [0.2, 0.25) is 0 Å². The first-order chi connectivity index (χ1) is 10.4. The van der Waals surface area contributed by atoms with Crippen molar-refractivity contribution >= 4 is 11.9 Å². The largest absolute Gasteiger partial charge is 0.367 e. The fraction of sp³-hybridized carbons (Fsp3) is 0.462. The number of nitrogens with zero attached hydrogens (tertiary/aromatic N) is 3. The summed E-state index contributed by atoms with van der Waals surface area (Å²) in [7, 11) is 0. The third kappa shape index (κ3) is 3.48. The number of aryl methyl sites for hydroxylation is 2. The summed E-state index contributed by atoms with van der Waals surface area (Å²) in [6, 6.07) is -0.389. The first-order valence-corrected chi connectivity index (χ1v) is 6.96. The lowest BCUT2D eigenvalue weighted by molar-refractivity contribution is -0.121. The predicted molar refractivity (Wildman–Crippen MR) is 80.0 cm³/mol. The Morgan fingerprint density at radius 2 is 2.14 bits per heavy atom. The van der Waals surface area contributed by atoms with Gasteiger partial charge >= 0.3 is 0 Å². The lowest BCUT2D eigenvalue weighted by Crippen LogP contribution is -2.31. The molecule has 0 aliphatic carbocycles. The van der Waals surface area contributed by atoms with Crippen LogP contribution < -0.4 is 16.6 Å². The lowest BCUT2D eigenvalue weighted by Gasteiger charge is -2.11. The highest BCUT2D eigenvalue weighted by Gasteiger charge is 2.16. The number of nitrogens with two attached hydrogens (primary N) is 1. The van der Waals surface area contributed by atoms with E-state index in [2.05, 4.69) is 30.5 Å². The molecular formula is C13H19N7O2. The van der Waals surface area contributed by atoms with Gasteiger partial charge in [0.2, 0.25) is 11.9 Å². The second kappa shape index (κ2) is 6.37. The molecule has 2 rings (SSSR count). The van der Waals surface area contributed by atoms with Crippen molar-refractivity contribution in [2.45, 2.75) is 39.7 Å². The van der Waals surface area contributed by atoms with Gasteiger partial charge in [-0.25, -0.2) is 4.98 Å². The lowest BCUT2D eigenvalue weighted by atomic mass is 10.1. The first-order valence-electron chi connectivity index (χ1n) is 6.96. The summed E-state index contributed by atoms with van der Waals surface area (Å²) >= 11 is 0. The molecule has 118 valence electrons. The minimum Gasteiger partial charge on any atom is -0.367 e. The number of rotatable bonds is 5. The summed E-state index contributed by atoms with van der Waals surface area (Å²) in [5.41, 5.74) is 6.06. The summed E-state index contributed by atoms with van der Waals surface area (Å²) in [6.45, 7) is 5.36. The Bertz CT molecular complexity index is 734. The van der Waals surface area contributed by atoms with E-state index in [0.29, 0.717) is 29.3 Å². The van der Waals surface area contributed by atoms with Gasteiger partial charge in [-0.3, -0.25) is 14.7 Å². The molecule has 2 aromatic heterocycles. The minimum atomic E-state index is -0.389. The van der Waals surface area contributed by atoms with E-state index < -0.39 is 0 Å². The van der Waals surface area contributed by atoms with E-state index in [0.717, 1.165) is 0 Å². The average Bonchev–Trinajstić information content (AvgIpc) is 2.89. The van der Waals surface area contributed by atoms with Crippen LogP contribution >= 0.6 is 0 Å². The summed E-state index contributed by atoms with van der Waals surface area (Å²) in [4.78, 5) is 34.9. The fourth-order valence-corrected chi connectivity index (χ4v) is 2.05. The molecule has 9 heteroatoms.